The zero-order valence-corrected chi connectivity index (χ0v) is 9.01. The van der Waals surface area contributed by atoms with Gasteiger partial charge in [-0.05, 0) is 32.1 Å². The van der Waals surface area contributed by atoms with Gasteiger partial charge >= 0.3 is 0 Å². The third-order valence-electron chi connectivity index (χ3n) is 4.02. The number of amides is 2. The van der Waals surface area contributed by atoms with Crippen molar-refractivity contribution >= 4 is 11.8 Å². The summed E-state index contributed by atoms with van der Waals surface area (Å²) < 4.78 is 0. The summed E-state index contributed by atoms with van der Waals surface area (Å²) in [5, 5.41) is 0. The van der Waals surface area contributed by atoms with Crippen LogP contribution >= 0.6 is 0 Å². The van der Waals surface area contributed by atoms with Crippen LogP contribution in [0.3, 0.4) is 0 Å². The van der Waals surface area contributed by atoms with Crippen LogP contribution in [0.25, 0.3) is 0 Å². The van der Waals surface area contributed by atoms with E-state index in [0.717, 1.165) is 6.42 Å². The molecule has 4 atom stereocenters. The monoisotopic (exact) mass is 205 g/mol. The first-order valence-electron chi connectivity index (χ1n) is 5.66. The molecule has 0 aromatic rings. The van der Waals surface area contributed by atoms with Gasteiger partial charge in [-0.2, -0.15) is 0 Å². The predicted octanol–water partition coefficient (Wildman–Crippen LogP) is 1.20. The highest BCUT2D eigenvalue weighted by atomic mass is 16.2. The number of carbonyl (C=O) groups excluding carboxylic acids is 2. The molecule has 3 heteroatoms. The number of carbonyl (C=O) groups is 2. The number of hydrogen-bond donors (Lipinski definition) is 0. The number of imide groups is 1. The summed E-state index contributed by atoms with van der Waals surface area (Å²) in [5.74, 6) is 0.735. The third-order valence-corrected chi connectivity index (χ3v) is 4.02. The van der Waals surface area contributed by atoms with E-state index in [1.54, 1.807) is 0 Å². The van der Waals surface area contributed by atoms with Crippen molar-refractivity contribution in [3.63, 3.8) is 0 Å². The lowest BCUT2D eigenvalue weighted by atomic mass is 9.85. The molecule has 80 valence electrons. The van der Waals surface area contributed by atoms with Crippen LogP contribution in [0.5, 0.6) is 0 Å². The topological polar surface area (TPSA) is 37.4 Å². The molecule has 2 aliphatic carbocycles. The number of rotatable bonds is 1. The Morgan fingerprint density at radius 2 is 1.60 bits per heavy atom. The first kappa shape index (κ1) is 9.13. The summed E-state index contributed by atoms with van der Waals surface area (Å²) in [6.07, 6.45) is 5.26. The maximum absolute atomic E-state index is 12.1. The van der Waals surface area contributed by atoms with E-state index in [4.69, 9.17) is 0 Å². The second-order valence-electron chi connectivity index (χ2n) is 5.14. The molecule has 1 saturated carbocycles. The lowest BCUT2D eigenvalue weighted by molar-refractivity contribution is -0.142. The maximum atomic E-state index is 12.1. The summed E-state index contributed by atoms with van der Waals surface area (Å²) in [6.45, 7) is 3.82. The minimum Gasteiger partial charge on any atom is -0.280 e. The van der Waals surface area contributed by atoms with E-state index in [2.05, 4.69) is 12.2 Å². The van der Waals surface area contributed by atoms with Crippen molar-refractivity contribution in [2.45, 2.75) is 26.3 Å². The number of hydrogen-bond acceptors (Lipinski definition) is 2. The fraction of sp³-hybridized carbons (Fsp3) is 0.667. The number of allylic oxidation sites excluding steroid dienone is 2. The first-order valence-corrected chi connectivity index (χ1v) is 5.66. The van der Waals surface area contributed by atoms with Crippen molar-refractivity contribution in [1.82, 2.24) is 4.90 Å². The van der Waals surface area contributed by atoms with E-state index in [0.29, 0.717) is 11.8 Å². The molecule has 3 rings (SSSR count). The van der Waals surface area contributed by atoms with E-state index >= 15 is 0 Å². The minimum atomic E-state index is -0.0325. The Labute approximate surface area is 89.1 Å². The summed E-state index contributed by atoms with van der Waals surface area (Å²) in [5.41, 5.74) is 0. The largest absolute Gasteiger partial charge is 0.280 e. The van der Waals surface area contributed by atoms with Gasteiger partial charge in [-0.25, -0.2) is 0 Å². The predicted molar refractivity (Wildman–Crippen MR) is 54.7 cm³/mol. The van der Waals surface area contributed by atoms with Crippen LogP contribution in [0.15, 0.2) is 12.2 Å². The second-order valence-corrected chi connectivity index (χ2v) is 5.14. The normalized spacial score (nSPS) is 42.2. The Balaban J connectivity index is 2.00. The summed E-state index contributed by atoms with van der Waals surface area (Å²) >= 11 is 0. The summed E-state index contributed by atoms with van der Waals surface area (Å²) in [6, 6.07) is 0.00926. The van der Waals surface area contributed by atoms with Gasteiger partial charge in [0.1, 0.15) is 0 Å². The third kappa shape index (κ3) is 0.959. The molecule has 15 heavy (non-hydrogen) atoms. The van der Waals surface area contributed by atoms with Gasteiger partial charge in [0.2, 0.25) is 11.8 Å². The van der Waals surface area contributed by atoms with Crippen LogP contribution in [0, 0.1) is 23.7 Å². The van der Waals surface area contributed by atoms with Crippen LogP contribution in [0.4, 0.5) is 0 Å². The fourth-order valence-corrected chi connectivity index (χ4v) is 3.43. The van der Waals surface area contributed by atoms with Crippen LogP contribution in [0.2, 0.25) is 0 Å². The standard InChI is InChI=1S/C12H15NO2/c1-6(2)13-11(14)9-7-3-4-8(5-7)10(9)12(13)15/h3-4,6-10H,5H2,1-2H3/t7-,8-,9-,10+/m0/s1. The Morgan fingerprint density at radius 1 is 1.13 bits per heavy atom. The lowest BCUT2D eigenvalue weighted by Gasteiger charge is -2.20. The van der Waals surface area contributed by atoms with Gasteiger partial charge in [-0.3, -0.25) is 14.5 Å². The lowest BCUT2D eigenvalue weighted by Crippen LogP contribution is -2.38. The van der Waals surface area contributed by atoms with Crippen LogP contribution in [-0.4, -0.2) is 22.8 Å². The van der Waals surface area contributed by atoms with Gasteiger partial charge in [-0.1, -0.05) is 12.2 Å². The Hall–Kier alpha value is -1.12. The molecule has 0 radical (unpaired) electrons. The Morgan fingerprint density at radius 3 is 2.00 bits per heavy atom. The highest BCUT2D eigenvalue weighted by Gasteiger charge is 2.59. The molecular weight excluding hydrogens is 190 g/mol. The molecular formula is C12H15NO2. The quantitative estimate of drug-likeness (QED) is 0.476. The van der Waals surface area contributed by atoms with Crippen molar-refractivity contribution in [2.75, 3.05) is 0 Å². The summed E-state index contributed by atoms with van der Waals surface area (Å²) in [7, 11) is 0. The van der Waals surface area contributed by atoms with Gasteiger partial charge in [-0.15, -0.1) is 0 Å². The molecule has 0 unspecified atom stereocenters. The molecule has 0 aromatic heterocycles. The molecule has 3 aliphatic rings. The molecule has 0 aromatic carbocycles. The molecule has 0 N–H and O–H groups in total. The average Bonchev–Trinajstić information content (AvgIpc) is 2.79. The van der Waals surface area contributed by atoms with E-state index in [1.807, 2.05) is 13.8 Å². The van der Waals surface area contributed by atoms with E-state index in [1.165, 1.54) is 4.90 Å². The van der Waals surface area contributed by atoms with Gasteiger partial charge in [0.25, 0.3) is 0 Å². The average molecular weight is 205 g/mol. The highest BCUT2D eigenvalue weighted by molar-refractivity contribution is 6.06. The Bertz CT molecular complexity index is 342. The van der Waals surface area contributed by atoms with Crippen LogP contribution < -0.4 is 0 Å². The summed E-state index contributed by atoms with van der Waals surface area (Å²) in [4.78, 5) is 25.7. The molecule has 1 saturated heterocycles. The first-order chi connectivity index (χ1) is 7.11. The maximum Gasteiger partial charge on any atom is 0.233 e. The number of likely N-dealkylation sites (tertiary alicyclic amines) is 1. The van der Waals surface area contributed by atoms with Gasteiger partial charge in [0.05, 0.1) is 11.8 Å². The van der Waals surface area contributed by atoms with Crippen LogP contribution in [0.1, 0.15) is 20.3 Å². The highest BCUT2D eigenvalue weighted by Crippen LogP contribution is 2.52. The van der Waals surface area contributed by atoms with Crippen molar-refractivity contribution in [2.24, 2.45) is 23.7 Å². The van der Waals surface area contributed by atoms with Crippen molar-refractivity contribution in [3.05, 3.63) is 12.2 Å². The van der Waals surface area contributed by atoms with Gasteiger partial charge in [0.15, 0.2) is 0 Å². The number of nitrogens with zero attached hydrogens (tertiary/aromatic N) is 1. The molecule has 2 amide bonds. The van der Waals surface area contributed by atoms with E-state index < -0.39 is 0 Å². The SMILES string of the molecule is CC(C)N1C(=O)[C@@H]2[C@H](C1=O)[C@H]1C=C[C@H]2C1. The van der Waals surface area contributed by atoms with Crippen LogP contribution in [-0.2, 0) is 9.59 Å². The molecule has 2 fully saturated rings. The van der Waals surface area contributed by atoms with E-state index in [-0.39, 0.29) is 29.7 Å². The molecule has 3 nitrogen and oxygen atoms in total. The minimum absolute atomic E-state index is 0.00926. The molecule has 0 spiro atoms. The number of fused-ring (bicyclic) bond motifs is 5. The second kappa shape index (κ2) is 2.71. The smallest absolute Gasteiger partial charge is 0.233 e. The van der Waals surface area contributed by atoms with Crippen molar-refractivity contribution in [3.8, 4) is 0 Å². The van der Waals surface area contributed by atoms with E-state index in [9.17, 15) is 9.59 Å². The van der Waals surface area contributed by atoms with Crippen molar-refractivity contribution in [1.29, 1.82) is 0 Å². The Kier molecular flexibility index (Phi) is 1.65. The fourth-order valence-electron chi connectivity index (χ4n) is 3.43. The molecule has 2 bridgehead atoms. The zero-order valence-electron chi connectivity index (χ0n) is 9.01. The molecule has 1 aliphatic heterocycles. The zero-order chi connectivity index (χ0) is 10.7. The van der Waals surface area contributed by atoms with Gasteiger partial charge in [0, 0.05) is 6.04 Å². The van der Waals surface area contributed by atoms with Crippen molar-refractivity contribution < 1.29 is 9.59 Å². The van der Waals surface area contributed by atoms with Gasteiger partial charge < -0.3 is 0 Å². The molecule has 1 heterocycles.